The van der Waals surface area contributed by atoms with E-state index in [0.717, 1.165) is 44.7 Å². The third-order valence-electron chi connectivity index (χ3n) is 4.28. The lowest BCUT2D eigenvalue weighted by atomic mass is 10.2. The number of aromatic amines is 1. The number of fused-ring (bicyclic) bond motifs is 1. The molecule has 1 saturated heterocycles. The minimum Gasteiger partial charge on any atom is -0.348 e. The smallest absolute Gasteiger partial charge is 0.229 e. The largest absolute Gasteiger partial charge is 0.348 e. The molecule has 0 saturated carbocycles. The van der Waals surface area contributed by atoms with Crippen LogP contribution < -0.4 is 10.2 Å². The number of aromatic nitrogens is 2. The molecule has 2 N–H and O–H groups in total. The number of aryl methyl sites for hydroxylation is 1. The summed E-state index contributed by atoms with van der Waals surface area (Å²) in [6.45, 7) is 4.12. The van der Waals surface area contributed by atoms with E-state index in [1.165, 1.54) is 24.2 Å². The standard InChI is InChI=1S/C17H18N4OS3/c1-10-13(25-17(23)18-10)9-15(22)19-11-4-5-12-14(8-11)24-16(20-12)21-6-2-3-7-21/h4-5,8H,2-3,6-7,9H2,1H3,(H,18,23)(H,19,22). The zero-order valence-corrected chi connectivity index (χ0v) is 16.2. The van der Waals surface area contributed by atoms with Gasteiger partial charge in [-0.1, -0.05) is 11.3 Å². The Morgan fingerprint density at radius 2 is 2.16 bits per heavy atom. The quantitative estimate of drug-likeness (QED) is 0.644. The maximum atomic E-state index is 12.3. The van der Waals surface area contributed by atoms with Crippen LogP contribution in [-0.2, 0) is 11.2 Å². The highest BCUT2D eigenvalue weighted by molar-refractivity contribution is 7.73. The number of amides is 1. The lowest BCUT2D eigenvalue weighted by Crippen LogP contribution is -2.16. The molecule has 25 heavy (non-hydrogen) atoms. The van der Waals surface area contributed by atoms with Crippen LogP contribution >= 0.6 is 34.9 Å². The molecule has 1 amide bonds. The van der Waals surface area contributed by atoms with Crippen molar-refractivity contribution < 1.29 is 4.79 Å². The van der Waals surface area contributed by atoms with E-state index in [-0.39, 0.29) is 5.91 Å². The van der Waals surface area contributed by atoms with Gasteiger partial charge in [-0.3, -0.25) is 4.79 Å². The monoisotopic (exact) mass is 390 g/mol. The molecular weight excluding hydrogens is 372 g/mol. The molecule has 4 rings (SSSR count). The van der Waals surface area contributed by atoms with Gasteiger partial charge in [0.05, 0.1) is 16.6 Å². The fraction of sp³-hybridized carbons (Fsp3) is 0.353. The van der Waals surface area contributed by atoms with Gasteiger partial charge >= 0.3 is 0 Å². The predicted molar refractivity (Wildman–Crippen MR) is 108 cm³/mol. The molecule has 3 aromatic rings. The third-order valence-corrected chi connectivity index (χ3v) is 6.70. The summed E-state index contributed by atoms with van der Waals surface area (Å²) in [7, 11) is 0. The first kappa shape index (κ1) is 16.7. The molecule has 3 heterocycles. The minimum absolute atomic E-state index is 0.0306. The Labute approximate surface area is 158 Å². The molecule has 0 spiro atoms. The van der Waals surface area contributed by atoms with Crippen molar-refractivity contribution in [2.45, 2.75) is 26.2 Å². The van der Waals surface area contributed by atoms with Gasteiger partial charge in [0.25, 0.3) is 0 Å². The van der Waals surface area contributed by atoms with Gasteiger partial charge in [-0.15, -0.1) is 11.3 Å². The van der Waals surface area contributed by atoms with Crippen molar-refractivity contribution in [3.8, 4) is 0 Å². The van der Waals surface area contributed by atoms with Crippen LogP contribution in [0.1, 0.15) is 23.4 Å². The number of carbonyl (C=O) groups excluding carboxylic acids is 1. The van der Waals surface area contributed by atoms with Crippen molar-refractivity contribution in [3.63, 3.8) is 0 Å². The van der Waals surface area contributed by atoms with Crippen LogP contribution in [-0.4, -0.2) is 29.0 Å². The fourth-order valence-electron chi connectivity index (χ4n) is 2.99. The molecule has 0 bridgehead atoms. The average Bonchev–Trinajstić information content (AvgIpc) is 3.27. The summed E-state index contributed by atoms with van der Waals surface area (Å²) in [5.74, 6) is -0.0306. The SMILES string of the molecule is Cc1[nH]c(=S)sc1CC(=O)Nc1ccc2nc(N3CCCC3)sc2c1. The van der Waals surface area contributed by atoms with Crippen LogP contribution in [0.4, 0.5) is 10.8 Å². The Bertz CT molecular complexity index is 981. The molecule has 5 nitrogen and oxygen atoms in total. The van der Waals surface area contributed by atoms with Gasteiger partial charge < -0.3 is 15.2 Å². The summed E-state index contributed by atoms with van der Waals surface area (Å²) in [5, 5.41) is 4.07. The average molecular weight is 391 g/mol. The second-order valence-electron chi connectivity index (χ2n) is 6.16. The highest BCUT2D eigenvalue weighted by Gasteiger charge is 2.16. The molecule has 130 valence electrons. The molecule has 0 atom stereocenters. The van der Waals surface area contributed by atoms with Gasteiger partial charge in [0.2, 0.25) is 5.91 Å². The zero-order valence-electron chi connectivity index (χ0n) is 13.8. The number of hydrogen-bond donors (Lipinski definition) is 2. The predicted octanol–water partition coefficient (Wildman–Crippen LogP) is 4.51. The van der Waals surface area contributed by atoms with Crippen molar-refractivity contribution in [3.05, 3.63) is 32.7 Å². The van der Waals surface area contributed by atoms with E-state index in [1.54, 1.807) is 11.3 Å². The first-order chi connectivity index (χ1) is 12.1. The van der Waals surface area contributed by atoms with Gasteiger partial charge in [-0.25, -0.2) is 4.98 Å². The number of hydrogen-bond acceptors (Lipinski definition) is 6. The van der Waals surface area contributed by atoms with E-state index >= 15 is 0 Å². The normalized spacial score (nSPS) is 14.4. The van der Waals surface area contributed by atoms with Crippen molar-refractivity contribution in [1.82, 2.24) is 9.97 Å². The number of rotatable bonds is 4. The molecule has 8 heteroatoms. The van der Waals surface area contributed by atoms with Gasteiger partial charge in [-0.05, 0) is 50.2 Å². The fourth-order valence-corrected chi connectivity index (χ4v) is 5.34. The Kier molecular flexibility index (Phi) is 4.58. The number of benzene rings is 1. The second-order valence-corrected chi connectivity index (χ2v) is 8.94. The van der Waals surface area contributed by atoms with Gasteiger partial charge in [0, 0.05) is 29.3 Å². The third kappa shape index (κ3) is 3.61. The molecular formula is C17H18N4OS3. The van der Waals surface area contributed by atoms with Gasteiger partial charge in [0.1, 0.15) is 0 Å². The van der Waals surface area contributed by atoms with Crippen molar-refractivity contribution >= 4 is 61.8 Å². The number of carbonyl (C=O) groups is 1. The number of nitrogens with one attached hydrogen (secondary N) is 2. The van der Waals surface area contributed by atoms with E-state index in [9.17, 15) is 4.79 Å². The molecule has 1 fully saturated rings. The molecule has 1 aromatic carbocycles. The lowest BCUT2D eigenvalue weighted by molar-refractivity contribution is -0.115. The lowest BCUT2D eigenvalue weighted by Gasteiger charge is -2.11. The molecule has 0 radical (unpaired) electrons. The topological polar surface area (TPSA) is 61.0 Å². The van der Waals surface area contributed by atoms with E-state index in [1.807, 2.05) is 25.1 Å². The summed E-state index contributed by atoms with van der Waals surface area (Å²) < 4.78 is 1.81. The summed E-state index contributed by atoms with van der Waals surface area (Å²) in [4.78, 5) is 23.4. The second kappa shape index (κ2) is 6.86. The Morgan fingerprint density at radius 3 is 2.88 bits per heavy atom. The molecule has 2 aromatic heterocycles. The molecule has 1 aliphatic heterocycles. The number of anilines is 2. The minimum atomic E-state index is -0.0306. The van der Waals surface area contributed by atoms with E-state index in [4.69, 9.17) is 17.2 Å². The molecule has 0 unspecified atom stereocenters. The van der Waals surface area contributed by atoms with Gasteiger partial charge in [0.15, 0.2) is 9.09 Å². The van der Waals surface area contributed by atoms with Crippen LogP contribution in [0.3, 0.4) is 0 Å². The zero-order chi connectivity index (χ0) is 17.4. The summed E-state index contributed by atoms with van der Waals surface area (Å²) in [6.07, 6.45) is 2.81. The Morgan fingerprint density at radius 1 is 1.36 bits per heavy atom. The number of thiazole rings is 2. The van der Waals surface area contributed by atoms with E-state index in [0.29, 0.717) is 10.4 Å². The van der Waals surface area contributed by atoms with Crippen LogP contribution in [0.15, 0.2) is 18.2 Å². The van der Waals surface area contributed by atoms with Crippen molar-refractivity contribution in [2.75, 3.05) is 23.3 Å². The Hall–Kier alpha value is -1.77. The summed E-state index contributed by atoms with van der Waals surface area (Å²) in [5.41, 5.74) is 2.77. The Balaban J connectivity index is 1.50. The van der Waals surface area contributed by atoms with Crippen LogP contribution in [0, 0.1) is 10.9 Å². The van der Waals surface area contributed by atoms with Gasteiger partial charge in [-0.2, -0.15) is 0 Å². The van der Waals surface area contributed by atoms with Crippen LogP contribution in [0.5, 0.6) is 0 Å². The molecule has 0 aliphatic carbocycles. The van der Waals surface area contributed by atoms with Crippen LogP contribution in [0.2, 0.25) is 0 Å². The highest BCUT2D eigenvalue weighted by Crippen LogP contribution is 2.32. The number of H-pyrrole nitrogens is 1. The summed E-state index contributed by atoms with van der Waals surface area (Å²) >= 11 is 8.28. The van der Waals surface area contributed by atoms with E-state index < -0.39 is 0 Å². The maximum absolute atomic E-state index is 12.3. The first-order valence-electron chi connectivity index (χ1n) is 8.22. The summed E-state index contributed by atoms with van der Waals surface area (Å²) in [6, 6.07) is 5.91. The first-order valence-corrected chi connectivity index (χ1v) is 10.3. The van der Waals surface area contributed by atoms with Crippen molar-refractivity contribution in [1.29, 1.82) is 0 Å². The number of nitrogens with zero attached hydrogens (tertiary/aromatic N) is 2. The maximum Gasteiger partial charge on any atom is 0.229 e. The molecule has 1 aliphatic rings. The van der Waals surface area contributed by atoms with Crippen LogP contribution in [0.25, 0.3) is 10.2 Å². The van der Waals surface area contributed by atoms with E-state index in [2.05, 4.69) is 15.2 Å². The highest BCUT2D eigenvalue weighted by atomic mass is 32.1. The van der Waals surface area contributed by atoms with Crippen molar-refractivity contribution in [2.24, 2.45) is 0 Å².